The molecule has 1 aromatic heterocycles. The molecule has 0 fully saturated rings. The van der Waals surface area contributed by atoms with E-state index in [4.69, 9.17) is 5.73 Å². The maximum Gasteiger partial charge on any atom is 0.305 e. The lowest BCUT2D eigenvalue weighted by molar-refractivity contribution is -0.140. The predicted molar refractivity (Wildman–Crippen MR) is 76.2 cm³/mol. The third kappa shape index (κ3) is 5.93. The number of nitrogens with two attached hydrogens (primary N) is 1. The molecule has 0 unspecified atom stereocenters. The molecule has 0 bridgehead atoms. The van der Waals surface area contributed by atoms with Crippen LogP contribution in [-0.2, 0) is 14.3 Å². The molecular weight excluding hydrogens is 286 g/mol. The maximum absolute atomic E-state index is 11.6. The number of methoxy groups -OCH3 is 1. The van der Waals surface area contributed by atoms with Gasteiger partial charge in [0.2, 0.25) is 5.91 Å². The highest BCUT2D eigenvalue weighted by Gasteiger charge is 2.09. The summed E-state index contributed by atoms with van der Waals surface area (Å²) >= 11 is 2.80. The van der Waals surface area contributed by atoms with Crippen molar-refractivity contribution in [2.24, 2.45) is 0 Å². The largest absolute Gasteiger partial charge is 0.469 e. The lowest BCUT2D eigenvalue weighted by Crippen LogP contribution is -2.26. The minimum Gasteiger partial charge on any atom is -0.469 e. The van der Waals surface area contributed by atoms with Crippen molar-refractivity contribution in [1.82, 2.24) is 10.3 Å². The van der Waals surface area contributed by atoms with Gasteiger partial charge < -0.3 is 15.8 Å². The van der Waals surface area contributed by atoms with Crippen LogP contribution >= 0.6 is 23.1 Å². The molecule has 0 saturated heterocycles. The summed E-state index contributed by atoms with van der Waals surface area (Å²) in [5.74, 6) is -0.0126. The molecule has 6 nitrogen and oxygen atoms in total. The third-order valence-corrected chi connectivity index (χ3v) is 4.56. The van der Waals surface area contributed by atoms with Crippen LogP contribution in [0, 0.1) is 6.92 Å². The fourth-order valence-electron chi connectivity index (χ4n) is 1.28. The van der Waals surface area contributed by atoms with E-state index >= 15 is 0 Å². The van der Waals surface area contributed by atoms with Crippen LogP contribution in [0.2, 0.25) is 0 Å². The Labute approximate surface area is 120 Å². The Morgan fingerprint density at radius 2 is 2.26 bits per heavy atom. The van der Waals surface area contributed by atoms with Gasteiger partial charge in [-0.15, -0.1) is 11.8 Å². The molecule has 1 rings (SSSR count). The number of esters is 1. The highest BCUT2D eigenvalue weighted by atomic mass is 32.2. The van der Waals surface area contributed by atoms with Crippen molar-refractivity contribution < 1.29 is 14.3 Å². The fourth-order valence-corrected chi connectivity index (χ4v) is 3.13. The summed E-state index contributed by atoms with van der Waals surface area (Å²) in [6.45, 7) is 2.34. The number of ether oxygens (including phenoxy) is 1. The molecule has 0 spiro atoms. The van der Waals surface area contributed by atoms with Gasteiger partial charge in [-0.25, -0.2) is 4.98 Å². The van der Waals surface area contributed by atoms with Gasteiger partial charge in [0.1, 0.15) is 0 Å². The summed E-state index contributed by atoms with van der Waals surface area (Å²) < 4.78 is 5.47. The maximum atomic E-state index is 11.6. The fraction of sp³-hybridized carbons (Fsp3) is 0.545. The topological polar surface area (TPSA) is 94.3 Å². The van der Waals surface area contributed by atoms with Crippen molar-refractivity contribution in [3.05, 3.63) is 5.69 Å². The van der Waals surface area contributed by atoms with Crippen molar-refractivity contribution in [1.29, 1.82) is 0 Å². The van der Waals surface area contributed by atoms with Gasteiger partial charge >= 0.3 is 5.97 Å². The first kappa shape index (κ1) is 15.8. The average molecular weight is 303 g/mol. The van der Waals surface area contributed by atoms with Crippen LogP contribution in [0.15, 0.2) is 4.21 Å². The van der Waals surface area contributed by atoms with Gasteiger partial charge in [-0.1, -0.05) is 11.3 Å². The summed E-state index contributed by atoms with van der Waals surface area (Å²) in [5, 5.41) is 3.26. The van der Waals surface area contributed by atoms with Gasteiger partial charge in [0.15, 0.2) is 5.13 Å². The minimum atomic E-state index is -0.264. The van der Waals surface area contributed by atoms with Gasteiger partial charge in [0, 0.05) is 13.0 Å². The number of carbonyl (C=O) groups excluding carboxylic acids is 2. The Hall–Kier alpha value is -1.28. The molecule has 0 aliphatic carbocycles. The first-order valence-corrected chi connectivity index (χ1v) is 7.52. The number of anilines is 1. The summed E-state index contributed by atoms with van der Waals surface area (Å²) in [4.78, 5) is 26.5. The first-order chi connectivity index (χ1) is 9.02. The Balaban J connectivity index is 2.18. The second-order valence-electron chi connectivity index (χ2n) is 3.74. The molecule has 19 heavy (non-hydrogen) atoms. The van der Waals surface area contributed by atoms with Crippen LogP contribution < -0.4 is 11.1 Å². The van der Waals surface area contributed by atoms with E-state index in [0.29, 0.717) is 30.3 Å². The van der Waals surface area contributed by atoms with Crippen LogP contribution in [0.3, 0.4) is 0 Å². The van der Waals surface area contributed by atoms with Gasteiger partial charge in [0.25, 0.3) is 0 Å². The van der Waals surface area contributed by atoms with E-state index in [9.17, 15) is 9.59 Å². The Kier molecular flexibility index (Phi) is 6.65. The van der Waals surface area contributed by atoms with E-state index in [1.165, 1.54) is 30.2 Å². The van der Waals surface area contributed by atoms with Crippen molar-refractivity contribution in [2.75, 3.05) is 25.1 Å². The second kappa shape index (κ2) is 8.00. The SMILES string of the molecule is COC(=O)CCCNC(=O)CSc1sc(N)nc1C. The van der Waals surface area contributed by atoms with Crippen molar-refractivity contribution in [3.8, 4) is 0 Å². The van der Waals surface area contributed by atoms with Crippen molar-refractivity contribution in [3.63, 3.8) is 0 Å². The zero-order valence-corrected chi connectivity index (χ0v) is 12.5. The Bertz CT molecular complexity index is 448. The molecule has 0 aromatic carbocycles. The Morgan fingerprint density at radius 1 is 1.53 bits per heavy atom. The number of hydrogen-bond donors (Lipinski definition) is 2. The highest BCUT2D eigenvalue weighted by Crippen LogP contribution is 2.30. The number of hydrogen-bond acceptors (Lipinski definition) is 7. The Morgan fingerprint density at radius 3 is 2.84 bits per heavy atom. The number of aryl methyl sites for hydroxylation is 1. The molecule has 1 heterocycles. The van der Waals surface area contributed by atoms with Gasteiger partial charge in [-0.2, -0.15) is 0 Å². The highest BCUT2D eigenvalue weighted by molar-refractivity contribution is 8.01. The molecule has 106 valence electrons. The molecule has 0 aliphatic heterocycles. The number of thiazole rings is 1. The quantitative estimate of drug-likeness (QED) is 0.446. The summed E-state index contributed by atoms with van der Waals surface area (Å²) in [5.41, 5.74) is 6.43. The van der Waals surface area contributed by atoms with Crippen LogP contribution in [0.4, 0.5) is 5.13 Å². The van der Waals surface area contributed by atoms with Gasteiger partial charge in [-0.05, 0) is 13.3 Å². The number of amides is 1. The summed E-state index contributed by atoms with van der Waals surface area (Å²) in [6.07, 6.45) is 0.893. The molecule has 3 N–H and O–H groups in total. The predicted octanol–water partition coefficient (Wildman–Crippen LogP) is 1.20. The van der Waals surface area contributed by atoms with Crippen LogP contribution in [0.25, 0.3) is 0 Å². The normalized spacial score (nSPS) is 10.2. The number of nitrogens with one attached hydrogen (secondary N) is 1. The number of thioether (sulfide) groups is 1. The zero-order valence-electron chi connectivity index (χ0n) is 10.9. The smallest absolute Gasteiger partial charge is 0.305 e. The van der Waals surface area contributed by atoms with E-state index in [-0.39, 0.29) is 11.9 Å². The van der Waals surface area contributed by atoms with E-state index < -0.39 is 0 Å². The van der Waals surface area contributed by atoms with Gasteiger partial charge in [0.05, 0.1) is 22.8 Å². The monoisotopic (exact) mass is 303 g/mol. The second-order valence-corrected chi connectivity index (χ2v) is 6.02. The summed E-state index contributed by atoms with van der Waals surface area (Å²) in [6, 6.07) is 0. The molecule has 0 radical (unpaired) electrons. The van der Waals surface area contributed by atoms with Crippen molar-refractivity contribution in [2.45, 2.75) is 24.0 Å². The van der Waals surface area contributed by atoms with Crippen LogP contribution in [0.1, 0.15) is 18.5 Å². The molecule has 1 amide bonds. The molecule has 1 aromatic rings. The van der Waals surface area contributed by atoms with Gasteiger partial charge in [-0.3, -0.25) is 9.59 Å². The average Bonchev–Trinajstić information content (AvgIpc) is 2.70. The number of rotatable bonds is 7. The minimum absolute atomic E-state index is 0.0683. The standard InChI is InChI=1S/C11H17N3O3S2/c1-7-10(19-11(12)14-7)18-6-8(15)13-5-3-4-9(16)17-2/h3-6H2,1-2H3,(H2,12,14)(H,13,15). The number of carbonyl (C=O) groups is 2. The molecule has 0 aliphatic rings. The molecular formula is C11H17N3O3S2. The summed E-state index contributed by atoms with van der Waals surface area (Å²) in [7, 11) is 1.35. The van der Waals surface area contributed by atoms with Crippen LogP contribution in [0.5, 0.6) is 0 Å². The van der Waals surface area contributed by atoms with Crippen molar-refractivity contribution >= 4 is 40.1 Å². The van der Waals surface area contributed by atoms with E-state index in [0.717, 1.165) is 9.90 Å². The molecule has 0 saturated carbocycles. The lowest BCUT2D eigenvalue weighted by Gasteiger charge is -2.04. The van der Waals surface area contributed by atoms with Crippen LogP contribution in [-0.4, -0.2) is 36.3 Å². The lowest BCUT2D eigenvalue weighted by atomic mass is 10.3. The number of nitrogens with zero attached hydrogens (tertiary/aromatic N) is 1. The number of nitrogen functional groups attached to an aromatic ring is 1. The molecule has 0 atom stereocenters. The first-order valence-electron chi connectivity index (χ1n) is 5.72. The third-order valence-electron chi connectivity index (χ3n) is 2.21. The van der Waals surface area contributed by atoms with E-state index in [2.05, 4.69) is 15.0 Å². The zero-order chi connectivity index (χ0) is 14.3. The van der Waals surface area contributed by atoms with E-state index in [1.54, 1.807) is 0 Å². The molecule has 8 heteroatoms. The number of aromatic nitrogens is 1. The van der Waals surface area contributed by atoms with E-state index in [1.807, 2.05) is 6.92 Å².